The van der Waals surface area contributed by atoms with Crippen molar-refractivity contribution in [1.82, 2.24) is 0 Å². The topological polar surface area (TPSA) is 26.3 Å². The summed E-state index contributed by atoms with van der Waals surface area (Å²) in [5.41, 5.74) is 0. The molecule has 0 fully saturated rings. The van der Waals surface area contributed by atoms with Gasteiger partial charge in [0.1, 0.15) is 8.11 Å². The Morgan fingerprint density at radius 3 is 2.00 bits per heavy atom. The lowest BCUT2D eigenvalue weighted by molar-refractivity contribution is -0.147. The van der Waals surface area contributed by atoms with E-state index in [0.29, 0.717) is 6.61 Å². The predicted molar refractivity (Wildman–Crippen MR) is 71.1 cm³/mol. The second kappa shape index (κ2) is 13.5. The zero-order chi connectivity index (χ0) is 10.9. The Hall–Kier alpha value is 0.457. The first kappa shape index (κ1) is 19.9. The third-order valence-corrected chi connectivity index (χ3v) is 0.920. The maximum Gasteiger partial charge on any atom is 0.308 e. The smallest absolute Gasteiger partial charge is 0.308 e. The maximum absolute atomic E-state index is 10.7. The van der Waals surface area contributed by atoms with Crippen molar-refractivity contribution in [3.05, 3.63) is 0 Å². The van der Waals surface area contributed by atoms with Crippen molar-refractivity contribution >= 4 is 42.1 Å². The summed E-state index contributed by atoms with van der Waals surface area (Å²) in [4.78, 5) is 10.7. The molecule has 14 heavy (non-hydrogen) atoms. The molecule has 0 bridgehead atoms. The number of hydrogen-bond acceptors (Lipinski definition) is 2. The van der Waals surface area contributed by atoms with E-state index < -0.39 is 8.11 Å². The number of carbonyl (C=O) groups is 1. The quantitative estimate of drug-likeness (QED) is 0.454. The van der Waals surface area contributed by atoms with Crippen LogP contribution in [0.15, 0.2) is 0 Å². The van der Waals surface area contributed by atoms with Crippen molar-refractivity contribution in [2.75, 3.05) is 6.61 Å². The van der Waals surface area contributed by atoms with Crippen LogP contribution in [0.2, 0.25) is 13.1 Å². The van der Waals surface area contributed by atoms with Gasteiger partial charge in [-0.15, -0.1) is 17.0 Å². The number of rotatable bonds is 3. The summed E-state index contributed by atoms with van der Waals surface area (Å²) in [6.07, 6.45) is 0.901. The van der Waals surface area contributed by atoms with Crippen molar-refractivity contribution in [2.45, 2.75) is 40.3 Å². The Kier molecular flexibility index (Phi) is 19.2. The van der Waals surface area contributed by atoms with Gasteiger partial charge in [0.15, 0.2) is 0 Å². The SMILES string of the molecule is Br.CCCOC(=O)C(C)C.C[SiH](C)Cl. The monoisotopic (exact) mass is 304 g/mol. The lowest BCUT2D eigenvalue weighted by atomic mass is 10.2. The van der Waals surface area contributed by atoms with Crippen LogP contribution in [0.3, 0.4) is 0 Å². The summed E-state index contributed by atoms with van der Waals surface area (Å²) < 4.78 is 4.81. The molecule has 2 nitrogen and oxygen atoms in total. The molecular formula is C9H22BrClO2Si. The van der Waals surface area contributed by atoms with E-state index in [1.807, 2.05) is 20.8 Å². The van der Waals surface area contributed by atoms with Crippen LogP contribution in [0.25, 0.3) is 0 Å². The fourth-order valence-electron chi connectivity index (χ4n) is 0.369. The third-order valence-electron chi connectivity index (χ3n) is 0.920. The van der Waals surface area contributed by atoms with Gasteiger partial charge < -0.3 is 4.74 Å². The van der Waals surface area contributed by atoms with Crippen LogP contribution >= 0.6 is 28.1 Å². The second-order valence-corrected chi connectivity index (χ2v) is 7.98. The minimum absolute atomic E-state index is 0. The summed E-state index contributed by atoms with van der Waals surface area (Å²) >= 11 is 5.41. The standard InChI is InChI=1S/C7H14O2.C2H7ClSi.BrH/c1-4-5-9-7(8)6(2)3;1-4(2)3;/h6H,4-5H2,1-3H3;4H,1-2H3;1H. The Morgan fingerprint density at radius 1 is 1.43 bits per heavy atom. The third kappa shape index (κ3) is 22.9. The number of carbonyl (C=O) groups excluding carboxylic acids is 1. The van der Waals surface area contributed by atoms with E-state index in [1.165, 1.54) is 0 Å². The first-order valence-corrected chi connectivity index (χ1v) is 8.78. The summed E-state index contributed by atoms with van der Waals surface area (Å²) in [5, 5.41) is 0. The Bertz CT molecular complexity index is 129. The number of halogens is 2. The molecule has 0 aliphatic carbocycles. The van der Waals surface area contributed by atoms with Crippen molar-refractivity contribution in [2.24, 2.45) is 5.92 Å². The van der Waals surface area contributed by atoms with Gasteiger partial charge in [0.05, 0.1) is 12.5 Å². The van der Waals surface area contributed by atoms with Crippen LogP contribution in [0, 0.1) is 5.92 Å². The molecule has 0 aromatic heterocycles. The van der Waals surface area contributed by atoms with Crippen molar-refractivity contribution in [3.63, 3.8) is 0 Å². The van der Waals surface area contributed by atoms with Crippen LogP contribution in [-0.2, 0) is 9.53 Å². The van der Waals surface area contributed by atoms with Gasteiger partial charge in [0, 0.05) is 0 Å². The molecule has 0 amide bonds. The highest BCUT2D eigenvalue weighted by Crippen LogP contribution is 1.95. The maximum atomic E-state index is 10.7. The van der Waals surface area contributed by atoms with Gasteiger partial charge in [0.25, 0.3) is 0 Å². The molecule has 0 aliphatic rings. The molecule has 0 aliphatic heterocycles. The van der Waals surface area contributed by atoms with Crippen LogP contribution in [0.4, 0.5) is 0 Å². The minimum atomic E-state index is -0.667. The first-order valence-electron chi connectivity index (χ1n) is 4.72. The van der Waals surface area contributed by atoms with E-state index in [4.69, 9.17) is 15.8 Å². The number of esters is 1. The van der Waals surface area contributed by atoms with E-state index in [1.54, 1.807) is 0 Å². The molecule has 0 heterocycles. The molecule has 0 N–H and O–H groups in total. The lowest BCUT2D eigenvalue weighted by Crippen LogP contribution is -2.11. The van der Waals surface area contributed by atoms with Gasteiger partial charge in [-0.2, -0.15) is 11.1 Å². The van der Waals surface area contributed by atoms with Crippen LogP contribution in [0.5, 0.6) is 0 Å². The first-order chi connectivity index (χ1) is 5.91. The fourth-order valence-corrected chi connectivity index (χ4v) is 0.369. The molecule has 88 valence electrons. The number of hydrogen-bond donors (Lipinski definition) is 0. The van der Waals surface area contributed by atoms with Gasteiger partial charge in [-0.3, -0.25) is 4.79 Å². The van der Waals surface area contributed by atoms with Gasteiger partial charge in [-0.25, -0.2) is 0 Å². The number of ether oxygens (including phenoxy) is 1. The average Bonchev–Trinajstić information content (AvgIpc) is 1.98. The molecule has 0 spiro atoms. The van der Waals surface area contributed by atoms with E-state index in [9.17, 15) is 4.79 Å². The fraction of sp³-hybridized carbons (Fsp3) is 0.889. The van der Waals surface area contributed by atoms with Crippen molar-refractivity contribution in [1.29, 1.82) is 0 Å². The molecular weight excluding hydrogens is 284 g/mol. The van der Waals surface area contributed by atoms with Crippen molar-refractivity contribution < 1.29 is 9.53 Å². The van der Waals surface area contributed by atoms with Crippen LogP contribution < -0.4 is 0 Å². The molecule has 0 unspecified atom stereocenters. The lowest BCUT2D eigenvalue weighted by Gasteiger charge is -2.03. The van der Waals surface area contributed by atoms with Gasteiger partial charge in [-0.05, 0) is 6.42 Å². The Morgan fingerprint density at radius 2 is 1.79 bits per heavy atom. The average molecular weight is 306 g/mol. The Balaban J connectivity index is -0.000000209. The normalized spacial score (nSPS) is 8.86. The molecule has 0 rings (SSSR count). The van der Waals surface area contributed by atoms with E-state index in [-0.39, 0.29) is 28.9 Å². The van der Waals surface area contributed by atoms with Gasteiger partial charge in [0.2, 0.25) is 0 Å². The van der Waals surface area contributed by atoms with Gasteiger partial charge in [-0.1, -0.05) is 33.9 Å². The molecule has 5 heteroatoms. The highest BCUT2D eigenvalue weighted by Gasteiger charge is 2.05. The molecule has 0 aromatic rings. The highest BCUT2D eigenvalue weighted by molar-refractivity contribution is 8.93. The molecule has 0 radical (unpaired) electrons. The van der Waals surface area contributed by atoms with Crippen molar-refractivity contribution in [3.8, 4) is 0 Å². The molecule has 0 aromatic carbocycles. The van der Waals surface area contributed by atoms with Crippen LogP contribution in [-0.4, -0.2) is 20.7 Å². The zero-order valence-corrected chi connectivity index (χ0v) is 13.3. The van der Waals surface area contributed by atoms with E-state index >= 15 is 0 Å². The summed E-state index contributed by atoms with van der Waals surface area (Å²) in [7, 11) is -0.667. The van der Waals surface area contributed by atoms with Gasteiger partial charge >= 0.3 is 5.97 Å². The molecule has 0 saturated carbocycles. The Labute approximate surface area is 104 Å². The molecule has 0 saturated heterocycles. The largest absolute Gasteiger partial charge is 0.465 e. The zero-order valence-electron chi connectivity index (χ0n) is 9.67. The molecule has 0 atom stereocenters. The summed E-state index contributed by atoms with van der Waals surface area (Å²) in [5.74, 6) is -0.0894. The summed E-state index contributed by atoms with van der Waals surface area (Å²) in [6, 6.07) is 0. The predicted octanol–water partition coefficient (Wildman–Crippen LogP) is 3.38. The van der Waals surface area contributed by atoms with E-state index in [0.717, 1.165) is 6.42 Å². The highest BCUT2D eigenvalue weighted by atomic mass is 79.9. The minimum Gasteiger partial charge on any atom is -0.465 e. The van der Waals surface area contributed by atoms with Crippen LogP contribution in [0.1, 0.15) is 27.2 Å². The summed E-state index contributed by atoms with van der Waals surface area (Å²) in [6.45, 7) is 10.3. The second-order valence-electron chi connectivity index (χ2n) is 3.34. The van der Waals surface area contributed by atoms with E-state index in [2.05, 4.69) is 13.1 Å².